The van der Waals surface area contributed by atoms with Gasteiger partial charge in [0.15, 0.2) is 0 Å². The lowest BCUT2D eigenvalue weighted by Crippen LogP contribution is -2.12. The van der Waals surface area contributed by atoms with Gasteiger partial charge in [-0.15, -0.1) is 0 Å². The van der Waals surface area contributed by atoms with Crippen LogP contribution < -0.4 is 5.32 Å². The van der Waals surface area contributed by atoms with Crippen LogP contribution in [0.15, 0.2) is 46.9 Å². The standard InChI is InChI=1S/C15H13BrClNO2/c1-20-9-10-3-2-4-11(7-10)15(19)18-14-6-5-12(16)8-13(14)17/h2-8H,9H2,1H3,(H,18,19). The largest absolute Gasteiger partial charge is 0.380 e. The number of benzene rings is 2. The van der Waals surface area contributed by atoms with Crippen LogP contribution in [0, 0.1) is 0 Å². The molecule has 0 aliphatic heterocycles. The van der Waals surface area contributed by atoms with E-state index in [-0.39, 0.29) is 5.91 Å². The van der Waals surface area contributed by atoms with E-state index in [0.717, 1.165) is 10.0 Å². The molecule has 0 aliphatic carbocycles. The third-order valence-electron chi connectivity index (χ3n) is 2.68. The molecule has 104 valence electrons. The lowest BCUT2D eigenvalue weighted by molar-refractivity contribution is 0.102. The Morgan fingerprint density at radius 1 is 1.30 bits per heavy atom. The molecule has 2 aromatic rings. The van der Waals surface area contributed by atoms with E-state index >= 15 is 0 Å². The average Bonchev–Trinajstić information content (AvgIpc) is 2.42. The number of nitrogens with one attached hydrogen (secondary N) is 1. The van der Waals surface area contributed by atoms with Gasteiger partial charge < -0.3 is 10.1 Å². The smallest absolute Gasteiger partial charge is 0.255 e. The Kier molecular flexibility index (Phi) is 5.17. The van der Waals surface area contributed by atoms with Crippen molar-refractivity contribution in [1.82, 2.24) is 0 Å². The molecule has 1 N–H and O–H groups in total. The van der Waals surface area contributed by atoms with E-state index in [1.165, 1.54) is 0 Å². The zero-order chi connectivity index (χ0) is 14.5. The highest BCUT2D eigenvalue weighted by atomic mass is 79.9. The fourth-order valence-corrected chi connectivity index (χ4v) is 2.48. The molecule has 0 aromatic heterocycles. The SMILES string of the molecule is COCc1cccc(C(=O)Nc2ccc(Br)cc2Cl)c1. The summed E-state index contributed by atoms with van der Waals surface area (Å²) >= 11 is 9.40. The number of methoxy groups -OCH3 is 1. The first kappa shape index (κ1) is 15.0. The summed E-state index contributed by atoms with van der Waals surface area (Å²) < 4.78 is 5.92. The molecule has 0 aliphatic rings. The first-order valence-corrected chi connectivity index (χ1v) is 7.11. The number of anilines is 1. The van der Waals surface area contributed by atoms with Crippen molar-refractivity contribution in [1.29, 1.82) is 0 Å². The Labute approximate surface area is 131 Å². The van der Waals surface area contributed by atoms with Crippen molar-refractivity contribution in [2.75, 3.05) is 12.4 Å². The maximum Gasteiger partial charge on any atom is 0.255 e. The van der Waals surface area contributed by atoms with Crippen LogP contribution in [0.3, 0.4) is 0 Å². The van der Waals surface area contributed by atoms with Gasteiger partial charge in [0, 0.05) is 17.1 Å². The fraction of sp³-hybridized carbons (Fsp3) is 0.133. The van der Waals surface area contributed by atoms with Gasteiger partial charge in [-0.05, 0) is 35.9 Å². The molecule has 0 fully saturated rings. The van der Waals surface area contributed by atoms with Gasteiger partial charge in [0.05, 0.1) is 17.3 Å². The number of carbonyl (C=O) groups excluding carboxylic acids is 1. The van der Waals surface area contributed by atoms with Crippen molar-refractivity contribution in [2.24, 2.45) is 0 Å². The molecule has 2 aromatic carbocycles. The molecule has 0 heterocycles. The number of amides is 1. The van der Waals surface area contributed by atoms with Gasteiger partial charge in [0.2, 0.25) is 0 Å². The number of halogens is 2. The minimum Gasteiger partial charge on any atom is -0.380 e. The van der Waals surface area contributed by atoms with E-state index in [9.17, 15) is 4.79 Å². The zero-order valence-electron chi connectivity index (χ0n) is 10.8. The highest BCUT2D eigenvalue weighted by Gasteiger charge is 2.09. The van der Waals surface area contributed by atoms with E-state index in [0.29, 0.717) is 22.9 Å². The highest BCUT2D eigenvalue weighted by Crippen LogP contribution is 2.26. The van der Waals surface area contributed by atoms with Crippen molar-refractivity contribution >= 4 is 39.1 Å². The second-order valence-electron chi connectivity index (χ2n) is 4.21. The Hall–Kier alpha value is -1.36. The van der Waals surface area contributed by atoms with E-state index in [1.54, 1.807) is 31.4 Å². The Balaban J connectivity index is 2.17. The normalized spacial score (nSPS) is 10.3. The van der Waals surface area contributed by atoms with E-state index in [1.807, 2.05) is 18.2 Å². The summed E-state index contributed by atoms with van der Waals surface area (Å²) in [6.45, 7) is 0.472. The summed E-state index contributed by atoms with van der Waals surface area (Å²) in [6, 6.07) is 12.6. The summed E-state index contributed by atoms with van der Waals surface area (Å²) in [4.78, 5) is 12.2. The molecule has 2 rings (SSSR count). The van der Waals surface area contributed by atoms with Crippen LogP contribution in [0.2, 0.25) is 5.02 Å². The molecule has 3 nitrogen and oxygen atoms in total. The van der Waals surface area contributed by atoms with Gasteiger partial charge >= 0.3 is 0 Å². The topological polar surface area (TPSA) is 38.3 Å². The maximum atomic E-state index is 12.2. The summed E-state index contributed by atoms with van der Waals surface area (Å²) in [6.07, 6.45) is 0. The second kappa shape index (κ2) is 6.88. The first-order valence-electron chi connectivity index (χ1n) is 5.94. The quantitative estimate of drug-likeness (QED) is 0.878. The monoisotopic (exact) mass is 353 g/mol. The summed E-state index contributed by atoms with van der Waals surface area (Å²) in [5, 5.41) is 3.28. The molecule has 0 atom stereocenters. The molecule has 0 radical (unpaired) electrons. The molecule has 20 heavy (non-hydrogen) atoms. The van der Waals surface area contributed by atoms with Crippen LogP contribution in [0.1, 0.15) is 15.9 Å². The van der Waals surface area contributed by atoms with E-state index in [4.69, 9.17) is 16.3 Å². The van der Waals surface area contributed by atoms with E-state index < -0.39 is 0 Å². The van der Waals surface area contributed by atoms with Crippen molar-refractivity contribution in [3.05, 3.63) is 63.1 Å². The molecule has 0 saturated heterocycles. The van der Waals surface area contributed by atoms with Gasteiger partial charge in [0.1, 0.15) is 0 Å². The van der Waals surface area contributed by atoms with Crippen molar-refractivity contribution in [2.45, 2.75) is 6.61 Å². The predicted molar refractivity (Wildman–Crippen MR) is 84.3 cm³/mol. The van der Waals surface area contributed by atoms with Crippen LogP contribution in [0.5, 0.6) is 0 Å². The van der Waals surface area contributed by atoms with Crippen LogP contribution in [0.4, 0.5) is 5.69 Å². The number of carbonyl (C=O) groups is 1. The third kappa shape index (κ3) is 3.82. The molecular weight excluding hydrogens is 342 g/mol. The molecule has 0 unspecified atom stereocenters. The third-order valence-corrected chi connectivity index (χ3v) is 3.49. The van der Waals surface area contributed by atoms with Gasteiger partial charge in [-0.3, -0.25) is 4.79 Å². The minimum absolute atomic E-state index is 0.202. The van der Waals surface area contributed by atoms with Crippen LogP contribution in [0.25, 0.3) is 0 Å². The molecular formula is C15H13BrClNO2. The molecule has 0 bridgehead atoms. The summed E-state index contributed by atoms with van der Waals surface area (Å²) in [7, 11) is 1.62. The Morgan fingerprint density at radius 3 is 2.80 bits per heavy atom. The summed E-state index contributed by atoms with van der Waals surface area (Å²) in [5.74, 6) is -0.202. The minimum atomic E-state index is -0.202. The van der Waals surface area contributed by atoms with Gasteiger partial charge in [-0.25, -0.2) is 0 Å². The molecule has 1 amide bonds. The Bertz CT molecular complexity index is 631. The highest BCUT2D eigenvalue weighted by molar-refractivity contribution is 9.10. The van der Waals surface area contributed by atoms with Gasteiger partial charge in [-0.1, -0.05) is 39.7 Å². The van der Waals surface area contributed by atoms with Crippen LogP contribution in [-0.2, 0) is 11.3 Å². The van der Waals surface area contributed by atoms with Crippen molar-refractivity contribution < 1.29 is 9.53 Å². The van der Waals surface area contributed by atoms with Crippen LogP contribution >= 0.6 is 27.5 Å². The lowest BCUT2D eigenvalue weighted by atomic mass is 10.1. The Morgan fingerprint density at radius 2 is 2.10 bits per heavy atom. The average molecular weight is 355 g/mol. The van der Waals surface area contributed by atoms with Gasteiger partial charge in [0.25, 0.3) is 5.91 Å². The van der Waals surface area contributed by atoms with E-state index in [2.05, 4.69) is 21.2 Å². The second-order valence-corrected chi connectivity index (χ2v) is 5.53. The van der Waals surface area contributed by atoms with Crippen LogP contribution in [-0.4, -0.2) is 13.0 Å². The zero-order valence-corrected chi connectivity index (χ0v) is 13.2. The molecule has 5 heteroatoms. The lowest BCUT2D eigenvalue weighted by Gasteiger charge is -2.08. The molecule has 0 spiro atoms. The van der Waals surface area contributed by atoms with Crippen molar-refractivity contribution in [3.8, 4) is 0 Å². The molecule has 0 saturated carbocycles. The number of rotatable bonds is 4. The first-order chi connectivity index (χ1) is 9.60. The van der Waals surface area contributed by atoms with Gasteiger partial charge in [-0.2, -0.15) is 0 Å². The summed E-state index contributed by atoms with van der Waals surface area (Å²) in [5.41, 5.74) is 2.09. The predicted octanol–water partition coefficient (Wildman–Crippen LogP) is 4.50. The number of hydrogen-bond donors (Lipinski definition) is 1. The fourth-order valence-electron chi connectivity index (χ4n) is 1.75. The number of ether oxygens (including phenoxy) is 1. The number of hydrogen-bond acceptors (Lipinski definition) is 2. The maximum absolute atomic E-state index is 12.2. The van der Waals surface area contributed by atoms with Crippen molar-refractivity contribution in [3.63, 3.8) is 0 Å².